The molecule has 0 saturated carbocycles. The highest BCUT2D eigenvalue weighted by Gasteiger charge is 2.08. The van der Waals surface area contributed by atoms with E-state index < -0.39 is 0 Å². The lowest BCUT2D eigenvalue weighted by Crippen LogP contribution is -2.03. The van der Waals surface area contributed by atoms with Gasteiger partial charge in [0, 0.05) is 0 Å². The molecule has 0 fully saturated rings. The van der Waals surface area contributed by atoms with Gasteiger partial charge in [0.2, 0.25) is 0 Å². The third-order valence-electron chi connectivity index (χ3n) is 3.16. The SMILES string of the molecule is COC(=O)c1ccc(/C=C(\C)CCC=C(C)C)cc1C. The zero-order valence-electron chi connectivity index (χ0n) is 13.1. The number of aryl methyl sites for hydroxylation is 1. The van der Waals surface area contributed by atoms with Crippen LogP contribution in [0.4, 0.5) is 0 Å². The largest absolute Gasteiger partial charge is 0.465 e. The normalized spacial score (nSPS) is 11.2. The molecule has 0 saturated heterocycles. The van der Waals surface area contributed by atoms with E-state index in [1.54, 1.807) is 0 Å². The molecule has 0 N–H and O–H groups in total. The number of carbonyl (C=O) groups excluding carboxylic acids is 1. The lowest BCUT2D eigenvalue weighted by atomic mass is 10.0. The molecule has 0 aliphatic rings. The Hall–Kier alpha value is -1.83. The van der Waals surface area contributed by atoms with Crippen molar-refractivity contribution in [2.75, 3.05) is 7.11 Å². The van der Waals surface area contributed by atoms with Gasteiger partial charge >= 0.3 is 5.97 Å². The Morgan fingerprint density at radius 1 is 1.25 bits per heavy atom. The van der Waals surface area contributed by atoms with Gasteiger partial charge in [-0.3, -0.25) is 0 Å². The summed E-state index contributed by atoms with van der Waals surface area (Å²) in [5, 5.41) is 0. The first-order valence-electron chi connectivity index (χ1n) is 6.93. The molecule has 0 aromatic heterocycles. The van der Waals surface area contributed by atoms with Crippen LogP contribution in [-0.2, 0) is 4.74 Å². The molecular formula is C18H24O2. The summed E-state index contributed by atoms with van der Waals surface area (Å²) in [5.41, 5.74) is 5.41. The number of methoxy groups -OCH3 is 1. The van der Waals surface area contributed by atoms with E-state index in [0.29, 0.717) is 5.56 Å². The van der Waals surface area contributed by atoms with Gasteiger partial charge in [-0.15, -0.1) is 0 Å². The second-order valence-corrected chi connectivity index (χ2v) is 5.38. The molecule has 0 heterocycles. The molecule has 0 unspecified atom stereocenters. The Bertz CT molecular complexity index is 532. The quantitative estimate of drug-likeness (QED) is 0.561. The first-order chi connectivity index (χ1) is 9.43. The molecule has 0 bridgehead atoms. The van der Waals surface area contributed by atoms with Crippen LogP contribution in [0.3, 0.4) is 0 Å². The van der Waals surface area contributed by atoms with Gasteiger partial charge in [0.25, 0.3) is 0 Å². The second kappa shape index (κ2) is 7.68. The summed E-state index contributed by atoms with van der Waals surface area (Å²) >= 11 is 0. The standard InChI is InChI=1S/C18H24O2/c1-13(2)7-6-8-14(3)11-16-9-10-17(15(4)12-16)18(19)20-5/h7,9-12H,6,8H2,1-5H3/b14-11+. The zero-order chi connectivity index (χ0) is 15.1. The Morgan fingerprint density at radius 2 is 1.95 bits per heavy atom. The molecule has 1 rings (SSSR count). The van der Waals surface area contributed by atoms with Crippen LogP contribution in [0.2, 0.25) is 0 Å². The second-order valence-electron chi connectivity index (χ2n) is 5.38. The van der Waals surface area contributed by atoms with Gasteiger partial charge in [-0.05, 0) is 57.7 Å². The summed E-state index contributed by atoms with van der Waals surface area (Å²) in [5.74, 6) is -0.279. The molecule has 20 heavy (non-hydrogen) atoms. The van der Waals surface area contributed by atoms with E-state index in [2.05, 4.69) is 32.9 Å². The van der Waals surface area contributed by atoms with Crippen LogP contribution >= 0.6 is 0 Å². The lowest BCUT2D eigenvalue weighted by molar-refractivity contribution is 0.0600. The molecular weight excluding hydrogens is 248 g/mol. The summed E-state index contributed by atoms with van der Waals surface area (Å²) in [6.45, 7) is 8.31. The van der Waals surface area contributed by atoms with Crippen molar-refractivity contribution in [3.8, 4) is 0 Å². The maximum Gasteiger partial charge on any atom is 0.338 e. The Kier molecular flexibility index (Phi) is 6.23. The van der Waals surface area contributed by atoms with E-state index in [0.717, 1.165) is 24.0 Å². The molecule has 2 heteroatoms. The summed E-state index contributed by atoms with van der Waals surface area (Å²) < 4.78 is 4.75. The highest BCUT2D eigenvalue weighted by molar-refractivity contribution is 5.91. The van der Waals surface area contributed by atoms with Gasteiger partial charge in [-0.2, -0.15) is 0 Å². The number of ether oxygens (including phenoxy) is 1. The predicted molar refractivity (Wildman–Crippen MR) is 84.8 cm³/mol. The summed E-state index contributed by atoms with van der Waals surface area (Å²) in [6, 6.07) is 5.82. The third kappa shape index (κ3) is 5.04. The van der Waals surface area contributed by atoms with E-state index in [1.165, 1.54) is 18.3 Å². The van der Waals surface area contributed by atoms with Crippen LogP contribution in [0.1, 0.15) is 55.1 Å². The minimum absolute atomic E-state index is 0.279. The van der Waals surface area contributed by atoms with Crippen molar-refractivity contribution < 1.29 is 9.53 Å². The number of hydrogen-bond acceptors (Lipinski definition) is 2. The van der Waals surface area contributed by atoms with Crippen LogP contribution < -0.4 is 0 Å². The maximum absolute atomic E-state index is 11.5. The zero-order valence-corrected chi connectivity index (χ0v) is 13.1. The van der Waals surface area contributed by atoms with Gasteiger partial charge < -0.3 is 4.74 Å². The number of carbonyl (C=O) groups is 1. The molecule has 0 atom stereocenters. The molecule has 0 amide bonds. The summed E-state index contributed by atoms with van der Waals surface area (Å²) in [7, 11) is 1.41. The Labute approximate surface area is 122 Å². The minimum atomic E-state index is -0.279. The third-order valence-corrected chi connectivity index (χ3v) is 3.16. The Morgan fingerprint density at radius 3 is 2.50 bits per heavy atom. The minimum Gasteiger partial charge on any atom is -0.465 e. The van der Waals surface area contributed by atoms with E-state index in [4.69, 9.17) is 4.74 Å². The molecule has 0 spiro atoms. The van der Waals surface area contributed by atoms with Gasteiger partial charge in [0.05, 0.1) is 12.7 Å². The van der Waals surface area contributed by atoms with E-state index in [9.17, 15) is 4.79 Å². The molecule has 2 nitrogen and oxygen atoms in total. The molecule has 108 valence electrons. The summed E-state index contributed by atoms with van der Waals surface area (Å²) in [6.07, 6.45) is 6.56. The number of esters is 1. The maximum atomic E-state index is 11.5. The monoisotopic (exact) mass is 272 g/mol. The average molecular weight is 272 g/mol. The Balaban J connectivity index is 2.80. The van der Waals surface area contributed by atoms with Gasteiger partial charge in [-0.1, -0.05) is 35.4 Å². The van der Waals surface area contributed by atoms with Crippen molar-refractivity contribution in [1.82, 2.24) is 0 Å². The van der Waals surface area contributed by atoms with Gasteiger partial charge in [0.15, 0.2) is 0 Å². The highest BCUT2D eigenvalue weighted by Crippen LogP contribution is 2.17. The number of hydrogen-bond donors (Lipinski definition) is 0. The smallest absolute Gasteiger partial charge is 0.338 e. The average Bonchev–Trinajstić information content (AvgIpc) is 2.37. The van der Waals surface area contributed by atoms with Crippen LogP contribution in [0.25, 0.3) is 6.08 Å². The summed E-state index contributed by atoms with van der Waals surface area (Å²) in [4.78, 5) is 11.5. The first-order valence-corrected chi connectivity index (χ1v) is 6.93. The lowest BCUT2D eigenvalue weighted by Gasteiger charge is -2.06. The van der Waals surface area contributed by atoms with E-state index in [-0.39, 0.29) is 5.97 Å². The van der Waals surface area contributed by atoms with Crippen molar-refractivity contribution in [2.24, 2.45) is 0 Å². The van der Waals surface area contributed by atoms with Crippen molar-refractivity contribution in [1.29, 1.82) is 0 Å². The van der Waals surface area contributed by atoms with E-state index >= 15 is 0 Å². The van der Waals surface area contributed by atoms with E-state index in [1.807, 2.05) is 25.1 Å². The first kappa shape index (κ1) is 16.2. The van der Waals surface area contributed by atoms with Crippen molar-refractivity contribution in [3.05, 3.63) is 52.1 Å². The van der Waals surface area contributed by atoms with Crippen molar-refractivity contribution in [3.63, 3.8) is 0 Å². The van der Waals surface area contributed by atoms with Gasteiger partial charge in [0.1, 0.15) is 0 Å². The van der Waals surface area contributed by atoms with Crippen LogP contribution in [0.15, 0.2) is 35.4 Å². The van der Waals surface area contributed by atoms with Crippen molar-refractivity contribution >= 4 is 12.0 Å². The van der Waals surface area contributed by atoms with Crippen LogP contribution in [0, 0.1) is 6.92 Å². The van der Waals surface area contributed by atoms with Gasteiger partial charge in [-0.25, -0.2) is 4.79 Å². The fraction of sp³-hybridized carbons (Fsp3) is 0.389. The van der Waals surface area contributed by atoms with Crippen LogP contribution in [0.5, 0.6) is 0 Å². The number of rotatable bonds is 5. The van der Waals surface area contributed by atoms with Crippen LogP contribution in [-0.4, -0.2) is 13.1 Å². The number of benzene rings is 1. The fourth-order valence-corrected chi connectivity index (χ4v) is 2.06. The molecule has 0 aliphatic heterocycles. The molecule has 1 aromatic carbocycles. The number of allylic oxidation sites excluding steroid dienone is 3. The topological polar surface area (TPSA) is 26.3 Å². The fourth-order valence-electron chi connectivity index (χ4n) is 2.06. The molecule has 1 aromatic rings. The molecule has 0 radical (unpaired) electrons. The predicted octanol–water partition coefficient (Wildman–Crippen LogP) is 4.93. The molecule has 0 aliphatic carbocycles. The van der Waals surface area contributed by atoms with Crippen molar-refractivity contribution in [2.45, 2.75) is 40.5 Å². The highest BCUT2D eigenvalue weighted by atomic mass is 16.5.